The topological polar surface area (TPSA) is 66.8 Å². The highest BCUT2D eigenvalue weighted by atomic mass is 35.5. The highest BCUT2D eigenvalue weighted by molar-refractivity contribution is 6.74. The van der Waals surface area contributed by atoms with E-state index >= 15 is 0 Å². The predicted molar refractivity (Wildman–Crippen MR) is 171 cm³/mol. The summed E-state index contributed by atoms with van der Waals surface area (Å²) in [6, 6.07) is 8.13. The first-order chi connectivity index (χ1) is 19.4. The van der Waals surface area contributed by atoms with E-state index in [0.717, 1.165) is 0 Å². The third-order valence-electron chi connectivity index (χ3n) is 8.12. The molecule has 0 bridgehead atoms. The molecule has 9 heteroatoms. The number of benzene rings is 2. The molecular formula is C33H45ClFNO5Si. The lowest BCUT2D eigenvalue weighted by molar-refractivity contribution is 0.0522. The zero-order valence-electron chi connectivity index (χ0n) is 26.6. The molecule has 0 saturated carbocycles. The number of hydrogen-bond donors (Lipinski definition) is 0. The van der Waals surface area contributed by atoms with Crippen LogP contribution in [0.4, 0.5) is 4.39 Å². The summed E-state index contributed by atoms with van der Waals surface area (Å²) < 4.78 is 34.9. The van der Waals surface area contributed by atoms with Crippen LogP contribution in [0, 0.1) is 11.2 Å². The Hall–Kier alpha value is -2.68. The van der Waals surface area contributed by atoms with Crippen molar-refractivity contribution in [3.05, 3.63) is 74.3 Å². The third-order valence-corrected chi connectivity index (χ3v) is 12.9. The highest BCUT2D eigenvalue weighted by Crippen LogP contribution is 2.41. The monoisotopic (exact) mass is 617 g/mol. The Kier molecular flexibility index (Phi) is 10.4. The number of carbonyl (C=O) groups is 1. The predicted octanol–water partition coefficient (Wildman–Crippen LogP) is 8.57. The van der Waals surface area contributed by atoms with Crippen LogP contribution >= 0.6 is 11.6 Å². The first kappa shape index (κ1) is 33.8. The molecule has 1 heterocycles. The molecule has 6 nitrogen and oxygen atoms in total. The van der Waals surface area contributed by atoms with Crippen molar-refractivity contribution < 1.29 is 23.1 Å². The zero-order chi connectivity index (χ0) is 31.6. The van der Waals surface area contributed by atoms with Crippen molar-refractivity contribution in [1.29, 1.82) is 0 Å². The summed E-state index contributed by atoms with van der Waals surface area (Å²) in [5, 5.41) is 0.323. The molecule has 1 aromatic heterocycles. The van der Waals surface area contributed by atoms with Gasteiger partial charge >= 0.3 is 5.97 Å². The van der Waals surface area contributed by atoms with Gasteiger partial charge in [0.2, 0.25) is 5.43 Å². The first-order valence-corrected chi connectivity index (χ1v) is 17.8. The highest BCUT2D eigenvalue weighted by Gasteiger charge is 2.39. The largest absolute Gasteiger partial charge is 0.492 e. The molecule has 1 atom stereocenters. The second kappa shape index (κ2) is 12.9. The molecule has 0 N–H and O–H groups in total. The van der Waals surface area contributed by atoms with E-state index < -0.39 is 25.5 Å². The minimum absolute atomic E-state index is 0.00186. The molecule has 0 saturated heterocycles. The number of carbonyl (C=O) groups excluding carboxylic acids is 1. The lowest BCUT2D eigenvalue weighted by Gasteiger charge is -2.41. The molecule has 0 aliphatic carbocycles. The maximum atomic E-state index is 14.8. The fourth-order valence-electron chi connectivity index (χ4n) is 4.64. The number of fused-ring (bicyclic) bond motifs is 1. The molecule has 0 unspecified atom stereocenters. The molecule has 0 radical (unpaired) electrons. The van der Waals surface area contributed by atoms with Crippen LogP contribution in [0.3, 0.4) is 0 Å². The Labute approximate surface area is 255 Å². The molecular weight excluding hydrogens is 573 g/mol. The van der Waals surface area contributed by atoms with Gasteiger partial charge in [0.25, 0.3) is 0 Å². The Morgan fingerprint density at radius 2 is 1.74 bits per heavy atom. The van der Waals surface area contributed by atoms with Gasteiger partial charge in [0.15, 0.2) is 8.32 Å². The Morgan fingerprint density at radius 1 is 1.07 bits per heavy atom. The number of ether oxygens (including phenoxy) is 2. The van der Waals surface area contributed by atoms with E-state index in [-0.39, 0.29) is 40.1 Å². The van der Waals surface area contributed by atoms with Gasteiger partial charge in [-0.15, -0.1) is 0 Å². The molecule has 0 fully saturated rings. The smallest absolute Gasteiger partial charge is 0.343 e. The van der Waals surface area contributed by atoms with Crippen molar-refractivity contribution >= 4 is 36.8 Å². The molecule has 0 amide bonds. The summed E-state index contributed by atoms with van der Waals surface area (Å²) in [5.74, 6) is -0.729. The molecule has 0 aliphatic rings. The van der Waals surface area contributed by atoms with Crippen LogP contribution in [-0.2, 0) is 15.6 Å². The standard InChI is InChI=1S/C33H45ClFNO5Si/c1-11-39-26-18-21(16-22-14-13-15-25(34)28(22)35)17-23-29(26)36(19-24(30(23)37)31(38)40-12-2)27(32(3,4)5)20-41-42(9,10)33(6,7)8/h13-15,17-19,27H,11-12,16,20H2,1-10H3/t27-/m1/s1. The molecule has 3 aromatic rings. The van der Waals surface area contributed by atoms with E-state index in [2.05, 4.69) is 54.6 Å². The van der Waals surface area contributed by atoms with E-state index in [9.17, 15) is 14.0 Å². The molecule has 0 aliphatic heterocycles. The molecule has 2 aromatic carbocycles. The van der Waals surface area contributed by atoms with Gasteiger partial charge in [0, 0.05) is 12.6 Å². The number of esters is 1. The van der Waals surface area contributed by atoms with Crippen molar-refractivity contribution in [2.45, 2.75) is 86.0 Å². The van der Waals surface area contributed by atoms with Crippen molar-refractivity contribution in [3.8, 4) is 5.75 Å². The molecule has 0 spiro atoms. The number of rotatable bonds is 10. The van der Waals surface area contributed by atoms with Gasteiger partial charge in [-0.1, -0.05) is 65.3 Å². The van der Waals surface area contributed by atoms with Crippen molar-refractivity contribution in [3.63, 3.8) is 0 Å². The maximum Gasteiger partial charge on any atom is 0.343 e. The van der Waals surface area contributed by atoms with E-state index in [0.29, 0.717) is 41.0 Å². The van der Waals surface area contributed by atoms with Crippen molar-refractivity contribution in [2.24, 2.45) is 5.41 Å². The van der Waals surface area contributed by atoms with Crippen LogP contribution in [0.25, 0.3) is 10.9 Å². The number of aromatic nitrogens is 1. The van der Waals surface area contributed by atoms with Gasteiger partial charge in [-0.2, -0.15) is 0 Å². The Balaban J connectivity index is 2.36. The van der Waals surface area contributed by atoms with Crippen LogP contribution in [0.5, 0.6) is 5.75 Å². The summed E-state index contributed by atoms with van der Waals surface area (Å²) in [5.41, 5.74) is 0.737. The van der Waals surface area contributed by atoms with E-state index in [4.69, 9.17) is 25.5 Å². The lowest BCUT2D eigenvalue weighted by atomic mass is 9.86. The lowest BCUT2D eigenvalue weighted by Crippen LogP contribution is -2.43. The number of pyridine rings is 1. The molecule has 230 valence electrons. The van der Waals surface area contributed by atoms with Crippen molar-refractivity contribution in [2.75, 3.05) is 19.8 Å². The fraction of sp³-hybridized carbons (Fsp3) is 0.515. The third kappa shape index (κ3) is 7.26. The minimum Gasteiger partial charge on any atom is -0.492 e. The summed E-state index contributed by atoms with van der Waals surface area (Å²) in [6.07, 6.45) is 1.77. The van der Waals surface area contributed by atoms with Crippen LogP contribution in [0.2, 0.25) is 23.2 Å². The first-order valence-electron chi connectivity index (χ1n) is 14.5. The van der Waals surface area contributed by atoms with Gasteiger partial charge in [-0.05, 0) is 66.7 Å². The summed E-state index contributed by atoms with van der Waals surface area (Å²) >= 11 is 6.04. The van der Waals surface area contributed by atoms with Crippen LogP contribution in [0.15, 0.2) is 41.3 Å². The maximum absolute atomic E-state index is 14.8. The average molecular weight is 618 g/mol. The van der Waals surface area contributed by atoms with Gasteiger partial charge in [0.1, 0.15) is 17.1 Å². The molecule has 3 rings (SSSR count). The second-order valence-corrected chi connectivity index (χ2v) is 18.5. The van der Waals surface area contributed by atoms with E-state index in [1.54, 1.807) is 31.3 Å². The summed E-state index contributed by atoms with van der Waals surface area (Å²) in [4.78, 5) is 27.0. The Morgan fingerprint density at radius 3 is 2.31 bits per heavy atom. The fourth-order valence-corrected chi connectivity index (χ4v) is 5.84. The van der Waals surface area contributed by atoms with Crippen LogP contribution in [0.1, 0.15) is 82.9 Å². The average Bonchev–Trinajstić information content (AvgIpc) is 2.87. The van der Waals surface area contributed by atoms with Crippen LogP contribution in [-0.4, -0.2) is 38.7 Å². The normalized spacial score (nSPS) is 13.3. The van der Waals surface area contributed by atoms with Gasteiger partial charge < -0.3 is 18.5 Å². The molecule has 42 heavy (non-hydrogen) atoms. The van der Waals surface area contributed by atoms with Crippen molar-refractivity contribution in [1.82, 2.24) is 4.57 Å². The summed E-state index contributed by atoms with van der Waals surface area (Å²) in [6.45, 7) is 21.7. The van der Waals surface area contributed by atoms with Gasteiger partial charge in [-0.3, -0.25) is 4.79 Å². The van der Waals surface area contributed by atoms with E-state index in [1.807, 2.05) is 17.6 Å². The van der Waals surface area contributed by atoms with Crippen LogP contribution < -0.4 is 10.2 Å². The minimum atomic E-state index is -2.14. The number of halogens is 2. The SMILES string of the molecule is CCOC(=O)c1cn([C@H](CO[Si](C)(C)C(C)(C)C)C(C)(C)C)c2c(OCC)cc(Cc3cccc(Cl)c3F)cc2c1=O. The summed E-state index contributed by atoms with van der Waals surface area (Å²) in [7, 11) is -2.14. The number of nitrogens with zero attached hydrogens (tertiary/aromatic N) is 1. The van der Waals surface area contributed by atoms with E-state index in [1.165, 1.54) is 6.07 Å². The Bertz CT molecular complexity index is 1500. The quantitative estimate of drug-likeness (QED) is 0.168. The van der Waals surface area contributed by atoms with Gasteiger partial charge in [-0.25, -0.2) is 9.18 Å². The zero-order valence-corrected chi connectivity index (χ0v) is 28.4. The van der Waals surface area contributed by atoms with Gasteiger partial charge in [0.05, 0.1) is 41.8 Å². The number of hydrogen-bond acceptors (Lipinski definition) is 5. The second-order valence-electron chi connectivity index (χ2n) is 13.3.